The summed E-state index contributed by atoms with van der Waals surface area (Å²) in [4.78, 5) is 24.4. The van der Waals surface area contributed by atoms with Gasteiger partial charge in [0.1, 0.15) is 0 Å². The second kappa shape index (κ2) is 7.97. The third-order valence-corrected chi connectivity index (χ3v) is 7.09. The van der Waals surface area contributed by atoms with Gasteiger partial charge in [-0.2, -0.15) is 0 Å². The van der Waals surface area contributed by atoms with Crippen LogP contribution < -0.4 is 10.9 Å². The molecule has 0 radical (unpaired) electrons. The highest BCUT2D eigenvalue weighted by atomic mass is 32.2. The molecule has 1 saturated heterocycles. The van der Waals surface area contributed by atoms with Gasteiger partial charge in [0.25, 0.3) is 11.8 Å². The van der Waals surface area contributed by atoms with Gasteiger partial charge in [0, 0.05) is 22.6 Å². The summed E-state index contributed by atoms with van der Waals surface area (Å²) in [5, 5.41) is 0. The Morgan fingerprint density at radius 2 is 1.56 bits per heavy atom. The number of hydrogen-bond donors (Lipinski definition) is 2. The third-order valence-electron chi connectivity index (χ3n) is 3.98. The highest BCUT2D eigenvalue weighted by Gasteiger charge is 2.18. The number of aryl methyl sites for hydroxylation is 2. The first-order valence-corrected chi connectivity index (χ1v) is 10.2. The number of carbonyl (C=O) groups excluding carboxylic acids is 2. The zero-order chi connectivity index (χ0) is 17.8. The Morgan fingerprint density at radius 1 is 0.920 bits per heavy atom. The molecule has 0 aliphatic carbocycles. The number of hydrogen-bond acceptors (Lipinski definition) is 4. The van der Waals surface area contributed by atoms with E-state index in [1.165, 1.54) is 17.1 Å². The van der Waals surface area contributed by atoms with E-state index in [-0.39, 0.29) is 11.8 Å². The van der Waals surface area contributed by atoms with Crippen molar-refractivity contribution in [1.29, 1.82) is 0 Å². The van der Waals surface area contributed by atoms with E-state index in [0.29, 0.717) is 15.7 Å². The van der Waals surface area contributed by atoms with E-state index < -0.39 is 0 Å². The quantitative estimate of drug-likeness (QED) is 0.804. The molecule has 4 nitrogen and oxygen atoms in total. The van der Waals surface area contributed by atoms with Gasteiger partial charge in [-0.25, -0.2) is 0 Å². The number of carbonyl (C=O) groups is 2. The van der Waals surface area contributed by atoms with Crippen molar-refractivity contribution in [2.75, 3.05) is 11.5 Å². The maximum Gasteiger partial charge on any atom is 0.269 e. The Labute approximate surface area is 156 Å². The van der Waals surface area contributed by atoms with Crippen molar-refractivity contribution in [1.82, 2.24) is 10.9 Å². The average Bonchev–Trinajstić information content (AvgIpc) is 3.14. The summed E-state index contributed by atoms with van der Waals surface area (Å²) in [5.74, 6) is 1.70. The topological polar surface area (TPSA) is 58.2 Å². The van der Waals surface area contributed by atoms with Gasteiger partial charge in [-0.15, -0.1) is 23.5 Å². The summed E-state index contributed by atoms with van der Waals surface area (Å²) in [6, 6.07) is 13.1. The molecule has 2 N–H and O–H groups in total. The molecule has 1 aliphatic rings. The van der Waals surface area contributed by atoms with Crippen LogP contribution in [0.4, 0.5) is 0 Å². The van der Waals surface area contributed by atoms with Crippen molar-refractivity contribution in [3.63, 3.8) is 0 Å². The van der Waals surface area contributed by atoms with Gasteiger partial charge in [-0.05, 0) is 43.2 Å². The molecular weight excluding hydrogens is 352 g/mol. The fourth-order valence-corrected chi connectivity index (χ4v) is 5.52. The zero-order valence-electron chi connectivity index (χ0n) is 14.2. The van der Waals surface area contributed by atoms with Crippen LogP contribution in [0.2, 0.25) is 0 Å². The van der Waals surface area contributed by atoms with Crippen molar-refractivity contribution in [2.24, 2.45) is 0 Å². The molecule has 6 heteroatoms. The molecule has 25 heavy (non-hydrogen) atoms. The summed E-state index contributed by atoms with van der Waals surface area (Å²) in [7, 11) is 0. The van der Waals surface area contributed by atoms with Gasteiger partial charge >= 0.3 is 0 Å². The summed E-state index contributed by atoms with van der Waals surface area (Å²) in [6.45, 7) is 3.85. The lowest BCUT2D eigenvalue weighted by Crippen LogP contribution is -2.41. The molecule has 0 atom stereocenters. The largest absolute Gasteiger partial charge is 0.269 e. The Balaban J connectivity index is 1.59. The van der Waals surface area contributed by atoms with Crippen LogP contribution in [0.3, 0.4) is 0 Å². The standard InChI is InChI=1S/C19H20N2O2S2/c1-12-3-8-16(13(2)11-12)18(23)21-20-17(22)14-4-6-15(7-5-14)19-24-9-10-25-19/h3-8,11,19H,9-10H2,1-2H3,(H,20,22)(H,21,23). The van der Waals surface area contributed by atoms with Crippen LogP contribution >= 0.6 is 23.5 Å². The van der Waals surface area contributed by atoms with E-state index in [1.807, 2.05) is 61.6 Å². The molecule has 0 bridgehead atoms. The van der Waals surface area contributed by atoms with Gasteiger partial charge in [-0.1, -0.05) is 29.8 Å². The summed E-state index contributed by atoms with van der Waals surface area (Å²) in [6.07, 6.45) is 0. The fourth-order valence-electron chi connectivity index (χ4n) is 2.66. The number of nitrogens with one attached hydrogen (secondary N) is 2. The highest BCUT2D eigenvalue weighted by molar-refractivity contribution is 8.19. The van der Waals surface area contributed by atoms with Crippen molar-refractivity contribution >= 4 is 35.3 Å². The molecule has 0 unspecified atom stereocenters. The summed E-state index contributed by atoms with van der Waals surface area (Å²) >= 11 is 3.86. The summed E-state index contributed by atoms with van der Waals surface area (Å²) in [5.41, 5.74) is 9.23. The number of benzene rings is 2. The first-order valence-electron chi connectivity index (χ1n) is 8.06. The normalized spacial score (nSPS) is 14.3. The zero-order valence-corrected chi connectivity index (χ0v) is 15.8. The SMILES string of the molecule is Cc1ccc(C(=O)NNC(=O)c2ccc(C3SCCS3)cc2)c(C)c1. The van der Waals surface area contributed by atoms with Crippen LogP contribution in [0.15, 0.2) is 42.5 Å². The molecule has 0 aromatic heterocycles. The average molecular weight is 373 g/mol. The molecule has 1 heterocycles. The first kappa shape index (κ1) is 17.9. The van der Waals surface area contributed by atoms with Gasteiger partial charge in [0.2, 0.25) is 0 Å². The number of amides is 2. The lowest BCUT2D eigenvalue weighted by molar-refractivity contribution is 0.0846. The van der Waals surface area contributed by atoms with Gasteiger partial charge in [0.05, 0.1) is 4.58 Å². The van der Waals surface area contributed by atoms with Crippen LogP contribution in [0.5, 0.6) is 0 Å². The predicted octanol–water partition coefficient (Wildman–Crippen LogP) is 3.86. The minimum absolute atomic E-state index is 0.318. The van der Waals surface area contributed by atoms with Crippen LogP contribution in [-0.2, 0) is 0 Å². The smallest absolute Gasteiger partial charge is 0.267 e. The maximum atomic E-state index is 12.2. The Morgan fingerprint density at radius 3 is 2.20 bits per heavy atom. The van der Waals surface area contributed by atoms with E-state index >= 15 is 0 Å². The van der Waals surface area contributed by atoms with Crippen LogP contribution in [-0.4, -0.2) is 23.3 Å². The van der Waals surface area contributed by atoms with Crippen LogP contribution in [0.1, 0.15) is 42.0 Å². The maximum absolute atomic E-state index is 12.2. The molecule has 0 spiro atoms. The number of thioether (sulfide) groups is 2. The molecule has 2 amide bonds. The molecule has 2 aromatic carbocycles. The third kappa shape index (κ3) is 4.38. The fraction of sp³-hybridized carbons (Fsp3) is 0.263. The van der Waals surface area contributed by atoms with Crippen LogP contribution in [0, 0.1) is 13.8 Å². The second-order valence-electron chi connectivity index (χ2n) is 5.92. The predicted molar refractivity (Wildman–Crippen MR) is 105 cm³/mol. The first-order chi connectivity index (χ1) is 12.0. The van der Waals surface area contributed by atoms with Crippen molar-refractivity contribution in [3.05, 3.63) is 70.3 Å². The lowest BCUT2D eigenvalue weighted by Gasteiger charge is -2.11. The molecule has 0 saturated carbocycles. The Kier molecular flexibility index (Phi) is 5.71. The van der Waals surface area contributed by atoms with Gasteiger partial charge in [0.15, 0.2) is 0 Å². The number of rotatable bonds is 3. The molecule has 130 valence electrons. The van der Waals surface area contributed by atoms with Crippen molar-refractivity contribution < 1.29 is 9.59 Å². The van der Waals surface area contributed by atoms with E-state index in [9.17, 15) is 9.59 Å². The van der Waals surface area contributed by atoms with E-state index in [2.05, 4.69) is 10.9 Å². The molecule has 1 aliphatic heterocycles. The molecule has 3 rings (SSSR count). The molecule has 1 fully saturated rings. The van der Waals surface area contributed by atoms with E-state index in [4.69, 9.17) is 0 Å². The van der Waals surface area contributed by atoms with Crippen molar-refractivity contribution in [2.45, 2.75) is 18.4 Å². The van der Waals surface area contributed by atoms with Crippen LogP contribution in [0.25, 0.3) is 0 Å². The Hall–Kier alpha value is -1.92. The van der Waals surface area contributed by atoms with Crippen molar-refractivity contribution in [3.8, 4) is 0 Å². The highest BCUT2D eigenvalue weighted by Crippen LogP contribution is 2.45. The van der Waals surface area contributed by atoms with E-state index in [1.54, 1.807) is 18.2 Å². The monoisotopic (exact) mass is 372 g/mol. The number of hydrazine groups is 1. The minimum Gasteiger partial charge on any atom is -0.267 e. The van der Waals surface area contributed by atoms with E-state index in [0.717, 1.165) is 11.1 Å². The molecular formula is C19H20N2O2S2. The Bertz CT molecular complexity index is 785. The second-order valence-corrected chi connectivity index (χ2v) is 8.65. The van der Waals surface area contributed by atoms with Gasteiger partial charge < -0.3 is 0 Å². The van der Waals surface area contributed by atoms with Gasteiger partial charge in [-0.3, -0.25) is 20.4 Å². The lowest BCUT2D eigenvalue weighted by atomic mass is 10.1. The molecule has 2 aromatic rings. The summed E-state index contributed by atoms with van der Waals surface area (Å²) < 4.78 is 0.460. The minimum atomic E-state index is -0.323.